The highest BCUT2D eigenvalue weighted by Crippen LogP contribution is 2.01. The molecule has 0 bridgehead atoms. The van der Waals surface area contributed by atoms with Gasteiger partial charge in [0.1, 0.15) is 1.37 Å². The van der Waals surface area contributed by atoms with Crippen LogP contribution in [0.25, 0.3) is 11.2 Å². The van der Waals surface area contributed by atoms with E-state index in [0.29, 0.717) is 0 Å². The van der Waals surface area contributed by atoms with Gasteiger partial charge in [-0.15, -0.1) is 0 Å². The van der Waals surface area contributed by atoms with Gasteiger partial charge in [0.25, 0.3) is 5.56 Å². The molecule has 0 aliphatic carbocycles. The van der Waals surface area contributed by atoms with Crippen LogP contribution in [0, 0.1) is 0 Å². The van der Waals surface area contributed by atoms with Crippen LogP contribution in [0.1, 0.15) is 4.11 Å². The molecular formula is C8H10N4O2. The lowest BCUT2D eigenvalue weighted by Gasteiger charge is -2.02. The van der Waals surface area contributed by atoms with Crippen molar-refractivity contribution >= 4 is 11.2 Å². The van der Waals surface area contributed by atoms with E-state index >= 15 is 0 Å². The first kappa shape index (κ1) is 5.79. The van der Waals surface area contributed by atoms with E-state index in [1.165, 1.54) is 18.7 Å². The Morgan fingerprint density at radius 2 is 2.14 bits per heavy atom. The largest absolute Gasteiger partial charge is 0.332 e. The molecule has 0 saturated carbocycles. The fourth-order valence-electron chi connectivity index (χ4n) is 1.28. The summed E-state index contributed by atoms with van der Waals surface area (Å²) in [4.78, 5) is 27.3. The van der Waals surface area contributed by atoms with E-state index in [9.17, 15) is 9.59 Å². The number of aryl methyl sites for hydroxylation is 2. The van der Waals surface area contributed by atoms with Crippen LogP contribution < -0.4 is 11.2 Å². The monoisotopic (exact) mass is 197 g/mol. The molecule has 74 valence electrons. The Hall–Kier alpha value is -1.85. The number of imidazole rings is 1. The van der Waals surface area contributed by atoms with Crippen LogP contribution in [0.15, 0.2) is 15.9 Å². The lowest BCUT2D eigenvalue weighted by atomic mass is 10.5. The van der Waals surface area contributed by atoms with Crippen LogP contribution in [0.4, 0.5) is 0 Å². The van der Waals surface area contributed by atoms with Gasteiger partial charge in [-0.05, 0) is 0 Å². The molecule has 0 radical (unpaired) electrons. The second-order valence-electron chi connectivity index (χ2n) is 2.96. The highest BCUT2D eigenvalue weighted by atomic mass is 16.2. The lowest BCUT2D eigenvalue weighted by molar-refractivity contribution is 0.705. The quantitative estimate of drug-likeness (QED) is 0.542. The molecule has 6 nitrogen and oxygen atoms in total. The van der Waals surface area contributed by atoms with Crippen LogP contribution in [0.3, 0.4) is 0 Å². The summed E-state index contributed by atoms with van der Waals surface area (Å²) in [7, 11) is 2.73. The van der Waals surface area contributed by atoms with Gasteiger partial charge in [-0.1, -0.05) is 0 Å². The minimum absolute atomic E-state index is 0.0431. The zero-order valence-electron chi connectivity index (χ0n) is 10.7. The van der Waals surface area contributed by atoms with Gasteiger partial charge in [0.15, 0.2) is 11.2 Å². The molecule has 0 N–H and O–H groups in total. The van der Waals surface area contributed by atoms with Crippen LogP contribution in [0.5, 0.6) is 0 Å². The fraction of sp³-hybridized carbons (Fsp3) is 0.375. The summed E-state index contributed by atoms with van der Waals surface area (Å²) in [6.07, 6.45) is -0.197. The second kappa shape index (κ2) is 2.57. The maximum absolute atomic E-state index is 11.8. The van der Waals surface area contributed by atoms with E-state index in [-0.39, 0.29) is 17.5 Å². The predicted octanol–water partition coefficient (Wildman–Crippen LogP) is -1.03. The van der Waals surface area contributed by atoms with Crippen molar-refractivity contribution in [2.45, 2.75) is 0 Å². The fourth-order valence-corrected chi connectivity index (χ4v) is 1.28. The second-order valence-corrected chi connectivity index (χ2v) is 2.96. The molecule has 2 aromatic rings. The molecule has 2 heterocycles. The van der Waals surface area contributed by atoms with Gasteiger partial charge in [0.2, 0.25) is 0 Å². The first-order valence-corrected chi connectivity index (χ1v) is 3.85. The molecule has 0 unspecified atom stereocenters. The molecule has 0 fully saturated rings. The van der Waals surface area contributed by atoms with Crippen molar-refractivity contribution in [3.63, 3.8) is 0 Å². The van der Waals surface area contributed by atoms with E-state index in [1.54, 1.807) is 0 Å². The third-order valence-electron chi connectivity index (χ3n) is 2.08. The maximum Gasteiger partial charge on any atom is 0.332 e. The molecule has 0 aromatic carbocycles. The Morgan fingerprint density at radius 3 is 2.79 bits per heavy atom. The van der Waals surface area contributed by atoms with Crippen molar-refractivity contribution in [3.05, 3.63) is 27.1 Å². The summed E-state index contributed by atoms with van der Waals surface area (Å²) < 4.78 is 24.9. The number of hydrogen-bond acceptors (Lipinski definition) is 3. The number of rotatable bonds is 0. The third kappa shape index (κ3) is 0.876. The summed E-state index contributed by atoms with van der Waals surface area (Å²) >= 11 is 0. The minimum Gasteiger partial charge on any atom is -0.328 e. The van der Waals surface area contributed by atoms with Gasteiger partial charge in [0, 0.05) is 23.8 Å². The van der Waals surface area contributed by atoms with Crippen molar-refractivity contribution in [2.24, 2.45) is 21.1 Å². The molecule has 2 rings (SSSR count). The zero-order chi connectivity index (χ0) is 12.9. The lowest BCUT2D eigenvalue weighted by Crippen LogP contribution is -2.37. The van der Waals surface area contributed by atoms with Crippen molar-refractivity contribution in [1.29, 1.82) is 0 Å². The van der Waals surface area contributed by atoms with Crippen LogP contribution in [-0.4, -0.2) is 18.7 Å². The van der Waals surface area contributed by atoms with Crippen molar-refractivity contribution < 1.29 is 4.11 Å². The van der Waals surface area contributed by atoms with Crippen LogP contribution in [0.2, 0.25) is 0 Å². The van der Waals surface area contributed by atoms with Gasteiger partial charge >= 0.3 is 5.69 Å². The Kier molecular flexibility index (Phi) is 1.06. The predicted molar refractivity (Wildman–Crippen MR) is 51.2 cm³/mol. The average Bonchev–Trinajstić information content (AvgIpc) is 2.52. The summed E-state index contributed by atoms with van der Waals surface area (Å²) in [6.45, 7) is -1.62. The molecular weight excluding hydrogens is 184 g/mol. The molecule has 14 heavy (non-hydrogen) atoms. The smallest absolute Gasteiger partial charge is 0.328 e. The molecule has 2 aromatic heterocycles. The van der Waals surface area contributed by atoms with Gasteiger partial charge in [-0.25, -0.2) is 9.78 Å². The average molecular weight is 197 g/mol. The first-order chi connectivity index (χ1) is 7.86. The van der Waals surface area contributed by atoms with Gasteiger partial charge in [-0.2, -0.15) is 0 Å². The Bertz CT molecular complexity index is 712. The molecule has 0 aliphatic heterocycles. The summed E-state index contributed by atoms with van der Waals surface area (Å²) in [6, 6.07) is 0. The van der Waals surface area contributed by atoms with Gasteiger partial charge in [-0.3, -0.25) is 13.9 Å². The summed E-state index contributed by atoms with van der Waals surface area (Å²) in [5.74, 6) is 0. The van der Waals surface area contributed by atoms with Gasteiger partial charge < -0.3 is 4.57 Å². The normalized spacial score (nSPS) is 14.4. The summed E-state index contributed by atoms with van der Waals surface area (Å²) in [5, 5.41) is 0. The number of nitrogens with zero attached hydrogens (tertiary/aromatic N) is 4. The van der Waals surface area contributed by atoms with E-state index in [1.807, 2.05) is 0 Å². The van der Waals surface area contributed by atoms with E-state index in [4.69, 9.17) is 4.11 Å². The Labute approximate surface area is 83.2 Å². The van der Waals surface area contributed by atoms with E-state index < -0.39 is 18.2 Å². The summed E-state index contributed by atoms with van der Waals surface area (Å²) in [5.41, 5.74) is -1.42. The number of hydrogen-bond donors (Lipinski definition) is 0. The van der Waals surface area contributed by atoms with Crippen molar-refractivity contribution in [2.75, 3.05) is 0 Å². The minimum atomic E-state index is -1.62. The Balaban J connectivity index is 3.16. The molecule has 0 saturated heterocycles. The highest BCUT2D eigenvalue weighted by Gasteiger charge is 2.11. The van der Waals surface area contributed by atoms with Crippen LogP contribution in [-0.2, 0) is 21.1 Å². The molecule has 0 atom stereocenters. The maximum atomic E-state index is 11.8. The van der Waals surface area contributed by atoms with Crippen molar-refractivity contribution in [1.82, 2.24) is 18.7 Å². The molecule has 0 spiro atoms. The molecule has 0 aliphatic rings. The SMILES string of the molecule is [2H]c1nc2c(c(=O)n(C)c(=O)n2C([2H])[2H])n1C. The Morgan fingerprint density at radius 1 is 1.43 bits per heavy atom. The third-order valence-corrected chi connectivity index (χ3v) is 2.08. The van der Waals surface area contributed by atoms with Crippen LogP contribution >= 0.6 is 0 Å². The zero-order valence-corrected chi connectivity index (χ0v) is 7.68. The van der Waals surface area contributed by atoms with Crippen molar-refractivity contribution in [3.8, 4) is 0 Å². The standard InChI is InChI=1S/C8H10N4O2/c1-10-4-9-6-5(10)7(13)12(3)8(14)11(6)2/h4H,1-3H3/i2D2,4D. The van der Waals surface area contributed by atoms with E-state index in [0.717, 1.165) is 9.13 Å². The topological polar surface area (TPSA) is 61.8 Å². The molecule has 6 heteroatoms. The number of aromatic nitrogens is 4. The molecule has 0 amide bonds. The number of fused-ring (bicyclic) bond motifs is 1. The van der Waals surface area contributed by atoms with E-state index in [2.05, 4.69) is 4.98 Å². The first-order valence-electron chi connectivity index (χ1n) is 5.50. The van der Waals surface area contributed by atoms with Gasteiger partial charge in [0.05, 0.1) is 6.30 Å². The highest BCUT2D eigenvalue weighted by molar-refractivity contribution is 5.69.